The Balaban J connectivity index is 0.00000729. The van der Waals surface area contributed by atoms with Gasteiger partial charge in [-0.15, -0.1) is 24.0 Å². The zero-order chi connectivity index (χ0) is 20.6. The largest absolute Gasteiger partial charge is 0.444 e. The van der Waals surface area contributed by atoms with Crippen molar-refractivity contribution in [3.63, 3.8) is 0 Å². The summed E-state index contributed by atoms with van der Waals surface area (Å²) in [5.74, 6) is 1.16. The van der Waals surface area contributed by atoms with Crippen LogP contribution in [0.25, 0.3) is 0 Å². The molecule has 1 heterocycles. The first kappa shape index (κ1) is 26.5. The summed E-state index contributed by atoms with van der Waals surface area (Å²) in [4.78, 5) is 18.4. The van der Waals surface area contributed by atoms with Crippen molar-refractivity contribution >= 4 is 36.0 Å². The average molecular weight is 508 g/mol. The van der Waals surface area contributed by atoms with Crippen LogP contribution in [0.2, 0.25) is 0 Å². The number of nitrogens with one attached hydrogen (secondary N) is 2. The van der Waals surface area contributed by atoms with Crippen LogP contribution in [0.4, 0.5) is 4.79 Å². The fraction of sp³-hybridized carbons (Fsp3) is 0.737. The first-order valence-corrected chi connectivity index (χ1v) is 9.52. The molecule has 8 nitrogen and oxygen atoms in total. The first-order valence-electron chi connectivity index (χ1n) is 9.52. The monoisotopic (exact) mass is 508 g/mol. The van der Waals surface area contributed by atoms with Crippen molar-refractivity contribution in [1.29, 1.82) is 0 Å². The molecule has 0 spiro atoms. The van der Waals surface area contributed by atoms with Crippen LogP contribution in [0.3, 0.4) is 0 Å². The van der Waals surface area contributed by atoms with Crippen molar-refractivity contribution in [3.05, 3.63) is 17.5 Å². The molecule has 0 aliphatic heterocycles. The van der Waals surface area contributed by atoms with Crippen molar-refractivity contribution in [2.24, 2.45) is 12.0 Å². The van der Waals surface area contributed by atoms with Crippen LogP contribution in [-0.4, -0.2) is 59.0 Å². The number of carbonyl (C=O) groups is 1. The number of guanidine groups is 1. The van der Waals surface area contributed by atoms with E-state index < -0.39 is 11.7 Å². The van der Waals surface area contributed by atoms with Gasteiger partial charge in [-0.2, -0.15) is 5.10 Å². The second-order valence-corrected chi connectivity index (χ2v) is 7.89. The van der Waals surface area contributed by atoms with E-state index in [1.165, 1.54) is 5.56 Å². The molecular formula is C19H37IN6O2. The smallest absolute Gasteiger partial charge is 0.407 e. The van der Waals surface area contributed by atoms with Crippen LogP contribution < -0.4 is 10.6 Å². The molecule has 0 saturated heterocycles. The maximum absolute atomic E-state index is 11.7. The van der Waals surface area contributed by atoms with Gasteiger partial charge in [-0.05, 0) is 33.6 Å². The predicted molar refractivity (Wildman–Crippen MR) is 124 cm³/mol. The Morgan fingerprint density at radius 3 is 2.54 bits per heavy atom. The molecule has 1 aromatic heterocycles. The highest BCUT2D eigenvalue weighted by Gasteiger charge is 2.16. The molecule has 0 aromatic carbocycles. The maximum Gasteiger partial charge on any atom is 0.407 e. The van der Waals surface area contributed by atoms with E-state index in [2.05, 4.69) is 45.7 Å². The lowest BCUT2D eigenvalue weighted by molar-refractivity contribution is 0.0529. The third-order valence-electron chi connectivity index (χ3n) is 3.63. The number of aliphatic imine (C=N–C) groups is 1. The summed E-state index contributed by atoms with van der Waals surface area (Å²) in [5, 5.41) is 10.6. The Labute approximate surface area is 186 Å². The zero-order valence-electron chi connectivity index (χ0n) is 18.5. The van der Waals surface area contributed by atoms with Crippen molar-refractivity contribution in [3.8, 4) is 0 Å². The molecule has 162 valence electrons. The second kappa shape index (κ2) is 12.1. The summed E-state index contributed by atoms with van der Waals surface area (Å²) >= 11 is 0. The summed E-state index contributed by atoms with van der Waals surface area (Å²) in [5.41, 5.74) is 1.79. The lowest BCUT2D eigenvalue weighted by Gasteiger charge is -2.22. The van der Waals surface area contributed by atoms with Crippen LogP contribution in [0, 0.1) is 0 Å². The summed E-state index contributed by atoms with van der Waals surface area (Å²) in [6.45, 7) is 14.2. The second-order valence-electron chi connectivity index (χ2n) is 7.89. The Hall–Kier alpha value is -1.52. The highest BCUT2D eigenvalue weighted by Crippen LogP contribution is 2.18. The van der Waals surface area contributed by atoms with Crippen LogP contribution in [0.1, 0.15) is 58.7 Å². The molecule has 0 atom stereocenters. The SMILES string of the molecule is CCNC(=NCCNC(=O)OC(C)(C)C)N(C)Cc1cn(C)nc1C(C)C.I. The molecular weight excluding hydrogens is 471 g/mol. The molecule has 9 heteroatoms. The minimum atomic E-state index is -0.500. The highest BCUT2D eigenvalue weighted by atomic mass is 127. The average Bonchev–Trinajstić information content (AvgIpc) is 2.89. The minimum absolute atomic E-state index is 0. The fourth-order valence-corrected chi connectivity index (χ4v) is 2.60. The van der Waals surface area contributed by atoms with E-state index in [1.54, 1.807) is 0 Å². The van der Waals surface area contributed by atoms with Gasteiger partial charge in [-0.25, -0.2) is 4.79 Å². The molecule has 0 aliphatic carbocycles. The van der Waals surface area contributed by atoms with Gasteiger partial charge in [0.05, 0.1) is 12.2 Å². The van der Waals surface area contributed by atoms with E-state index in [9.17, 15) is 4.79 Å². The fourth-order valence-electron chi connectivity index (χ4n) is 2.60. The van der Waals surface area contributed by atoms with Crippen LogP contribution in [0.15, 0.2) is 11.2 Å². The van der Waals surface area contributed by atoms with Crippen molar-refractivity contribution in [2.45, 2.75) is 59.6 Å². The van der Waals surface area contributed by atoms with Crippen LogP contribution in [0.5, 0.6) is 0 Å². The lowest BCUT2D eigenvalue weighted by Crippen LogP contribution is -2.39. The Morgan fingerprint density at radius 1 is 1.36 bits per heavy atom. The van der Waals surface area contributed by atoms with Gasteiger partial charge in [0.25, 0.3) is 0 Å². The van der Waals surface area contributed by atoms with E-state index in [0.29, 0.717) is 25.6 Å². The van der Waals surface area contributed by atoms with E-state index >= 15 is 0 Å². The molecule has 2 N–H and O–H groups in total. The number of rotatable bonds is 7. The third kappa shape index (κ3) is 9.61. The number of halogens is 1. The third-order valence-corrected chi connectivity index (χ3v) is 3.63. The number of alkyl carbamates (subject to hydrolysis) is 1. The van der Waals surface area contributed by atoms with Crippen molar-refractivity contribution in [2.75, 3.05) is 26.7 Å². The predicted octanol–water partition coefficient (Wildman–Crippen LogP) is 3.08. The topological polar surface area (TPSA) is 83.8 Å². The number of hydrogen-bond donors (Lipinski definition) is 2. The van der Waals surface area contributed by atoms with Crippen molar-refractivity contribution in [1.82, 2.24) is 25.3 Å². The Bertz CT molecular complexity index is 637. The Kier molecular flexibility index (Phi) is 11.5. The Morgan fingerprint density at radius 2 is 2.00 bits per heavy atom. The first-order chi connectivity index (χ1) is 12.5. The standard InChI is InChI=1S/C19H36N6O2.HI/c1-9-20-17(21-10-11-22-18(26)27-19(4,5)6)24(7)12-15-13-25(8)23-16(15)14(2)3;/h13-14H,9-12H2,1-8H3,(H,20,21)(H,22,26);1H. The maximum atomic E-state index is 11.7. The molecule has 0 bridgehead atoms. The van der Waals surface area contributed by atoms with Crippen LogP contribution >= 0.6 is 24.0 Å². The number of nitrogens with zero attached hydrogens (tertiary/aromatic N) is 4. The molecule has 0 saturated carbocycles. The van der Waals surface area contributed by atoms with E-state index in [4.69, 9.17) is 4.74 Å². The van der Waals surface area contributed by atoms with Gasteiger partial charge in [-0.1, -0.05) is 13.8 Å². The lowest BCUT2D eigenvalue weighted by atomic mass is 10.1. The molecule has 0 unspecified atom stereocenters. The molecule has 0 aliphatic rings. The number of aryl methyl sites for hydroxylation is 1. The van der Waals surface area contributed by atoms with Crippen molar-refractivity contribution < 1.29 is 9.53 Å². The van der Waals surface area contributed by atoms with Gasteiger partial charge in [0.15, 0.2) is 5.96 Å². The normalized spacial score (nSPS) is 11.8. The highest BCUT2D eigenvalue weighted by molar-refractivity contribution is 14.0. The van der Waals surface area contributed by atoms with E-state index in [0.717, 1.165) is 18.2 Å². The number of amides is 1. The van der Waals surface area contributed by atoms with Gasteiger partial charge < -0.3 is 20.3 Å². The van der Waals surface area contributed by atoms with E-state index in [1.807, 2.05) is 46.5 Å². The number of aromatic nitrogens is 2. The molecule has 0 fully saturated rings. The van der Waals surface area contributed by atoms with Gasteiger partial charge in [0.2, 0.25) is 0 Å². The molecule has 1 aromatic rings. The number of hydrogen-bond acceptors (Lipinski definition) is 4. The van der Waals surface area contributed by atoms with Gasteiger partial charge in [0, 0.05) is 45.5 Å². The van der Waals surface area contributed by atoms with Crippen LogP contribution in [-0.2, 0) is 18.3 Å². The summed E-state index contributed by atoms with van der Waals surface area (Å²) in [6, 6.07) is 0. The van der Waals surface area contributed by atoms with Gasteiger partial charge in [-0.3, -0.25) is 9.67 Å². The molecule has 1 rings (SSSR count). The quantitative estimate of drug-likeness (QED) is 0.256. The molecule has 1 amide bonds. The zero-order valence-corrected chi connectivity index (χ0v) is 20.8. The summed E-state index contributed by atoms with van der Waals surface area (Å²) in [7, 11) is 3.94. The molecule has 28 heavy (non-hydrogen) atoms. The number of ether oxygens (including phenoxy) is 1. The minimum Gasteiger partial charge on any atom is -0.444 e. The summed E-state index contributed by atoms with van der Waals surface area (Å²) in [6.07, 6.45) is 1.63. The summed E-state index contributed by atoms with van der Waals surface area (Å²) < 4.78 is 7.08. The van der Waals surface area contributed by atoms with Gasteiger partial charge >= 0.3 is 6.09 Å². The van der Waals surface area contributed by atoms with E-state index in [-0.39, 0.29) is 24.0 Å². The molecule has 0 radical (unpaired) electrons. The number of carbonyl (C=O) groups excluding carboxylic acids is 1. The van der Waals surface area contributed by atoms with Gasteiger partial charge in [0.1, 0.15) is 5.60 Å².